The molecule has 0 radical (unpaired) electrons. The highest BCUT2D eigenvalue weighted by atomic mass is 16.8. The van der Waals surface area contributed by atoms with Gasteiger partial charge in [-0.3, -0.25) is 28.8 Å². The molecule has 4 aliphatic carbocycles. The van der Waals surface area contributed by atoms with Gasteiger partial charge in [0, 0.05) is 85.5 Å². The van der Waals surface area contributed by atoms with Crippen molar-refractivity contribution in [3.05, 3.63) is 0 Å². The lowest BCUT2D eigenvalue weighted by Gasteiger charge is -2.60. The van der Waals surface area contributed by atoms with Crippen LogP contribution >= 0.6 is 0 Å². The van der Waals surface area contributed by atoms with Gasteiger partial charge in [-0.05, 0) is 111 Å². The normalized spacial score (nSPS) is 43.1. The number of nitrogens with zero attached hydrogens (tertiary/aromatic N) is 2. The smallest absolute Gasteiger partial charge is 0.409 e. The minimum atomic E-state index is -1.83. The van der Waals surface area contributed by atoms with Gasteiger partial charge in [0.25, 0.3) is 0 Å². The Morgan fingerprint density at radius 1 is 0.585 bits per heavy atom. The first-order chi connectivity index (χ1) is 39.0. The number of amides is 2. The van der Waals surface area contributed by atoms with Gasteiger partial charge in [0.1, 0.15) is 37.3 Å². The molecular weight excluding hydrogens is 1070 g/mol. The van der Waals surface area contributed by atoms with E-state index in [1.165, 1.54) is 16.7 Å². The second-order valence-electron chi connectivity index (χ2n) is 25.8. The highest BCUT2D eigenvalue weighted by molar-refractivity contribution is 5.84. The van der Waals surface area contributed by atoms with Crippen LogP contribution in [0.4, 0.5) is 9.59 Å². The van der Waals surface area contributed by atoms with Crippen molar-refractivity contribution >= 4 is 47.8 Å². The van der Waals surface area contributed by atoms with Gasteiger partial charge < -0.3 is 71.4 Å². The summed E-state index contributed by atoms with van der Waals surface area (Å²) in [6, 6.07) is 0. The van der Waals surface area contributed by atoms with Crippen molar-refractivity contribution in [3.8, 4) is 0 Å². The van der Waals surface area contributed by atoms with Gasteiger partial charge in [-0.1, -0.05) is 27.7 Å². The maximum atomic E-state index is 15.0. The molecule has 23 heteroatoms. The van der Waals surface area contributed by atoms with Crippen LogP contribution in [0.1, 0.15) is 146 Å². The Balaban J connectivity index is 0.916. The summed E-state index contributed by atoms with van der Waals surface area (Å²) in [5.74, 6) is -3.14. The molecule has 10 rings (SSSR count). The number of Topliss-reactive ketones (excluding diaryl/α,β-unsaturated/α-hetero) is 1. The molecule has 6 saturated heterocycles. The molecule has 0 aromatic rings. The monoisotopic (exact) mass is 1160 g/mol. The quantitative estimate of drug-likeness (QED) is 0.117. The third-order valence-corrected chi connectivity index (χ3v) is 20.3. The topological polar surface area (TPSA) is 263 Å². The molecule has 0 aromatic carbocycles. The molecule has 6 heterocycles. The third-order valence-electron chi connectivity index (χ3n) is 20.3. The molecule has 23 nitrogen and oxygen atoms in total. The summed E-state index contributed by atoms with van der Waals surface area (Å²) in [7, 11) is 0. The first-order valence-corrected chi connectivity index (χ1v) is 30.1. The SMILES string of the molecule is CC(=O)O[C@@H]1[C@@H](OC(C)=O)[C@H](O[C@H]2[C@H](OC(C)=O)[C@@H](OC(C)=O)[C@H](O[C@H]3CC[C@@]4(C)[C@@H](CC[C@@H]5[C@@H]4C(=O)C[C@]4(C)C6C(C[C@@H]54)O[C@]4(CC[C@@H](C)CO4)[C@H]6C)C3)O[C@@H]2COC(=O)N2CCCC2)O[C@H](COC(=O)N2CCCC2)[C@H]1OC(C)=O. The number of hydrogen-bond donors (Lipinski definition) is 0. The van der Waals surface area contributed by atoms with Crippen LogP contribution in [-0.4, -0.2) is 183 Å². The molecule has 0 aromatic heterocycles. The zero-order chi connectivity index (χ0) is 58.6. The van der Waals surface area contributed by atoms with Gasteiger partial charge in [0.15, 0.2) is 48.9 Å². The Kier molecular flexibility index (Phi) is 18.0. The van der Waals surface area contributed by atoms with E-state index in [2.05, 4.69) is 27.7 Å². The lowest BCUT2D eigenvalue weighted by Crippen LogP contribution is -2.67. The molecular formula is C59H86N2O21. The van der Waals surface area contributed by atoms with E-state index in [0.29, 0.717) is 76.1 Å². The summed E-state index contributed by atoms with van der Waals surface area (Å²) in [5, 5.41) is 0. The molecule has 6 aliphatic heterocycles. The van der Waals surface area contributed by atoms with Gasteiger partial charge in [0.05, 0.1) is 18.8 Å². The number of carbonyl (C=O) groups is 8. The van der Waals surface area contributed by atoms with Gasteiger partial charge in [-0.25, -0.2) is 9.59 Å². The molecule has 458 valence electrons. The number of hydrogen-bond acceptors (Lipinski definition) is 21. The number of ether oxygens (including phenoxy) is 13. The number of esters is 5. The second kappa shape index (κ2) is 24.4. The summed E-state index contributed by atoms with van der Waals surface area (Å²) in [4.78, 5) is 110. The Morgan fingerprint density at radius 3 is 1.63 bits per heavy atom. The highest BCUT2D eigenvalue weighted by Crippen LogP contribution is 2.71. The summed E-state index contributed by atoms with van der Waals surface area (Å²) in [6.45, 7) is 16.1. The molecule has 2 amide bonds. The van der Waals surface area contributed by atoms with Crippen LogP contribution in [0, 0.1) is 52.3 Å². The Labute approximate surface area is 479 Å². The van der Waals surface area contributed by atoms with Crippen molar-refractivity contribution < 1.29 is 99.9 Å². The maximum absolute atomic E-state index is 15.0. The van der Waals surface area contributed by atoms with Crippen LogP contribution < -0.4 is 0 Å². The van der Waals surface area contributed by atoms with Crippen LogP contribution in [-0.2, 0) is 90.3 Å². The Morgan fingerprint density at radius 2 is 1.10 bits per heavy atom. The van der Waals surface area contributed by atoms with E-state index >= 15 is 0 Å². The average Bonchev–Trinajstić information content (AvgIpc) is 1.58. The van der Waals surface area contributed by atoms with E-state index in [1.807, 2.05) is 0 Å². The van der Waals surface area contributed by atoms with Gasteiger partial charge in [-0.15, -0.1) is 0 Å². The van der Waals surface area contributed by atoms with Crippen LogP contribution in [0.3, 0.4) is 0 Å². The molecule has 1 spiro atoms. The first kappa shape index (κ1) is 60.4. The van der Waals surface area contributed by atoms with E-state index in [-0.39, 0.29) is 46.5 Å². The fourth-order valence-corrected chi connectivity index (χ4v) is 16.8. The Bertz CT molecular complexity index is 2400. The van der Waals surface area contributed by atoms with Crippen molar-refractivity contribution in [2.24, 2.45) is 52.3 Å². The van der Waals surface area contributed by atoms with Crippen molar-refractivity contribution in [2.45, 2.75) is 225 Å². The number of fused-ring (bicyclic) bond motifs is 7. The van der Waals surface area contributed by atoms with Crippen LogP contribution in [0.25, 0.3) is 0 Å². The van der Waals surface area contributed by atoms with Crippen molar-refractivity contribution in [2.75, 3.05) is 46.0 Å². The second-order valence-corrected chi connectivity index (χ2v) is 25.8. The van der Waals surface area contributed by atoms with Gasteiger partial charge in [0.2, 0.25) is 0 Å². The first-order valence-electron chi connectivity index (χ1n) is 30.1. The van der Waals surface area contributed by atoms with Gasteiger partial charge in [-0.2, -0.15) is 0 Å². The van der Waals surface area contributed by atoms with E-state index in [4.69, 9.17) is 61.6 Å². The van der Waals surface area contributed by atoms with E-state index in [0.717, 1.165) is 85.5 Å². The fourth-order valence-electron chi connectivity index (χ4n) is 16.8. The molecule has 0 N–H and O–H groups in total. The summed E-state index contributed by atoms with van der Waals surface area (Å²) in [5.41, 5.74) is -0.527. The number of ketones is 1. The number of likely N-dealkylation sites (tertiary alicyclic amines) is 2. The lowest BCUT2D eigenvalue weighted by atomic mass is 9.44. The number of carbonyl (C=O) groups excluding carboxylic acids is 8. The zero-order valence-corrected chi connectivity index (χ0v) is 49.1. The molecule has 82 heavy (non-hydrogen) atoms. The largest absolute Gasteiger partial charge is 0.455 e. The number of rotatable bonds is 13. The minimum Gasteiger partial charge on any atom is -0.455 e. The van der Waals surface area contributed by atoms with Crippen LogP contribution in [0.15, 0.2) is 0 Å². The molecule has 2 unspecified atom stereocenters. The predicted molar refractivity (Wildman–Crippen MR) is 281 cm³/mol. The lowest BCUT2D eigenvalue weighted by molar-refractivity contribution is -0.365. The minimum absolute atomic E-state index is 0.0458. The van der Waals surface area contributed by atoms with E-state index < -0.39 is 129 Å². The maximum Gasteiger partial charge on any atom is 0.409 e. The fraction of sp³-hybridized carbons (Fsp3) is 0.864. The van der Waals surface area contributed by atoms with E-state index in [1.54, 1.807) is 0 Å². The van der Waals surface area contributed by atoms with Crippen molar-refractivity contribution in [1.82, 2.24) is 9.80 Å². The Hall–Kier alpha value is -4.68. The van der Waals surface area contributed by atoms with Crippen LogP contribution in [0.5, 0.6) is 0 Å². The zero-order valence-electron chi connectivity index (χ0n) is 49.1. The van der Waals surface area contributed by atoms with E-state index in [9.17, 15) is 38.4 Å². The highest BCUT2D eigenvalue weighted by Gasteiger charge is 2.71. The molecule has 0 bridgehead atoms. The molecule has 22 atom stereocenters. The third kappa shape index (κ3) is 12.0. The predicted octanol–water partition coefficient (Wildman–Crippen LogP) is 5.96. The standard InChI is InChI=1S/C59H86N2O21/c1-30-16-19-59(72-27-30)31(2)45-42(82-59)25-40-39-15-14-37-24-38(17-18-57(37,8)46(39)41(67)26-58(40,45)9)78-53-51(76-35(6)65)50(75-34(5)64)48(44(79-53)29-71-56(69)61-22-12-13-23-61)81-54-52(77-36(7)66)49(74-33(4)63)47(73-32(3)62)43(80-54)28-70-55(68)60-20-10-11-21-60/h30-31,37-40,42-54H,10-29H2,1-9H3/t30-,31+,37+,38+,39+,40+,42?,43-,44-,45?,46-,47-,48-,49+,50+,51-,52-,53-,54+,57+,58+,59-/m1/s1. The van der Waals surface area contributed by atoms with Crippen molar-refractivity contribution in [3.63, 3.8) is 0 Å². The van der Waals surface area contributed by atoms with Crippen molar-refractivity contribution in [1.29, 1.82) is 0 Å². The average molecular weight is 1160 g/mol. The molecule has 10 aliphatic rings. The van der Waals surface area contributed by atoms with Gasteiger partial charge >= 0.3 is 42.0 Å². The summed E-state index contributed by atoms with van der Waals surface area (Å²) < 4.78 is 81.2. The summed E-state index contributed by atoms with van der Waals surface area (Å²) in [6.07, 6.45) is -7.72. The molecule has 4 saturated carbocycles. The molecule has 10 fully saturated rings. The summed E-state index contributed by atoms with van der Waals surface area (Å²) >= 11 is 0. The van der Waals surface area contributed by atoms with Crippen LogP contribution in [0.2, 0.25) is 0 Å².